The fourth-order valence-corrected chi connectivity index (χ4v) is 6.38. The van der Waals surface area contributed by atoms with Gasteiger partial charge in [0.05, 0.1) is 16.0 Å². The second kappa shape index (κ2) is 12.9. The van der Waals surface area contributed by atoms with Gasteiger partial charge in [-0.15, -0.1) is 10.2 Å². The molecule has 0 radical (unpaired) electrons. The quantitative estimate of drug-likeness (QED) is 0.135. The number of rotatable bonds is 10. The minimum atomic E-state index is -0.377. The molecule has 0 spiro atoms. The fourth-order valence-electron chi connectivity index (χ4n) is 4.97. The smallest absolute Gasteiger partial charge is 0.196 e. The van der Waals surface area contributed by atoms with Crippen molar-refractivity contribution in [3.05, 3.63) is 92.5 Å². The molecule has 210 valence electrons. The summed E-state index contributed by atoms with van der Waals surface area (Å²) >= 11 is 14.3. The van der Waals surface area contributed by atoms with E-state index < -0.39 is 0 Å². The molecule has 4 aromatic rings. The number of nitrogens with zero attached hydrogens (tertiary/aromatic N) is 3. The van der Waals surface area contributed by atoms with Crippen molar-refractivity contribution in [2.75, 3.05) is 0 Å². The van der Waals surface area contributed by atoms with E-state index in [1.807, 2.05) is 25.1 Å². The van der Waals surface area contributed by atoms with Gasteiger partial charge in [-0.25, -0.2) is 0 Å². The monoisotopic (exact) mass is 593 g/mol. The molecule has 0 saturated carbocycles. The maximum atomic E-state index is 13.9. The lowest BCUT2D eigenvalue weighted by molar-refractivity contribution is 0.0992. The molecule has 0 fully saturated rings. The van der Waals surface area contributed by atoms with Gasteiger partial charge in [0.2, 0.25) is 0 Å². The van der Waals surface area contributed by atoms with Gasteiger partial charge in [-0.05, 0) is 72.1 Å². The van der Waals surface area contributed by atoms with Crippen LogP contribution in [0.1, 0.15) is 92.9 Å². The van der Waals surface area contributed by atoms with Gasteiger partial charge in [-0.3, -0.25) is 9.36 Å². The molecule has 0 N–H and O–H groups in total. The Kier molecular flexibility index (Phi) is 9.81. The molecule has 1 heterocycles. The highest BCUT2D eigenvalue weighted by Gasteiger charge is 2.27. The number of carbonyl (C=O) groups is 1. The van der Waals surface area contributed by atoms with Crippen molar-refractivity contribution in [1.29, 1.82) is 0 Å². The van der Waals surface area contributed by atoms with Crippen LogP contribution in [0, 0.1) is 0 Å². The zero-order chi connectivity index (χ0) is 29.1. The van der Waals surface area contributed by atoms with Crippen LogP contribution in [0.3, 0.4) is 0 Å². The van der Waals surface area contributed by atoms with Crippen LogP contribution in [0.2, 0.25) is 10.0 Å². The number of aryl methyl sites for hydroxylation is 2. The molecule has 0 aliphatic heterocycles. The Morgan fingerprint density at radius 2 is 1.55 bits per heavy atom. The van der Waals surface area contributed by atoms with Crippen molar-refractivity contribution in [3.8, 4) is 17.1 Å². The van der Waals surface area contributed by atoms with Crippen LogP contribution in [-0.2, 0) is 12.8 Å². The molecule has 7 heteroatoms. The Labute approximate surface area is 252 Å². The zero-order valence-corrected chi connectivity index (χ0v) is 26.6. The number of hydrogen-bond donors (Lipinski definition) is 0. The van der Waals surface area contributed by atoms with Crippen LogP contribution in [-0.4, -0.2) is 25.8 Å². The van der Waals surface area contributed by atoms with Crippen LogP contribution in [0.4, 0.5) is 0 Å². The summed E-state index contributed by atoms with van der Waals surface area (Å²) in [6.07, 6.45) is 1.68. The number of carbonyl (C=O) groups excluding carboxylic acids is 1. The Bertz CT molecular complexity index is 1500. The number of ketones is 1. The highest BCUT2D eigenvalue weighted by molar-refractivity contribution is 8.00. The summed E-state index contributed by atoms with van der Waals surface area (Å²) in [4.78, 5) is 13.9. The third-order valence-corrected chi connectivity index (χ3v) is 8.87. The van der Waals surface area contributed by atoms with Gasteiger partial charge in [0.1, 0.15) is 0 Å². The number of aromatic nitrogens is 3. The predicted molar refractivity (Wildman–Crippen MR) is 170 cm³/mol. The van der Waals surface area contributed by atoms with Crippen molar-refractivity contribution in [2.24, 2.45) is 0 Å². The summed E-state index contributed by atoms with van der Waals surface area (Å²) in [6.45, 7) is 14.9. The number of halogens is 2. The minimum absolute atomic E-state index is 0.0872. The van der Waals surface area contributed by atoms with Gasteiger partial charge in [0.25, 0.3) is 0 Å². The van der Waals surface area contributed by atoms with Crippen molar-refractivity contribution >= 4 is 40.7 Å². The van der Waals surface area contributed by atoms with Crippen molar-refractivity contribution in [3.63, 3.8) is 0 Å². The van der Waals surface area contributed by atoms with E-state index in [1.54, 1.807) is 6.07 Å². The predicted octanol–water partition coefficient (Wildman–Crippen LogP) is 9.98. The maximum absolute atomic E-state index is 13.9. The molecule has 1 aromatic heterocycles. The van der Waals surface area contributed by atoms with Gasteiger partial charge in [-0.2, -0.15) is 0 Å². The summed E-state index contributed by atoms with van der Waals surface area (Å²) in [5.41, 5.74) is 7.25. The van der Waals surface area contributed by atoms with E-state index in [2.05, 4.69) is 86.6 Å². The normalized spacial score (nSPS) is 12.4. The summed E-state index contributed by atoms with van der Waals surface area (Å²) in [5.74, 6) is 1.35. The van der Waals surface area contributed by atoms with E-state index in [4.69, 9.17) is 23.2 Å². The number of hydrogen-bond acceptors (Lipinski definition) is 4. The Morgan fingerprint density at radius 1 is 0.875 bits per heavy atom. The van der Waals surface area contributed by atoms with E-state index in [0.717, 1.165) is 35.2 Å². The SMILES string of the molecule is CCc1cccc(CC)c1-n1c(S[C@H](C)C(=O)c2ccc(C(C)C)cc2C(C)C)nnc1-c1ccc(Cl)cc1Cl. The van der Waals surface area contributed by atoms with E-state index in [-0.39, 0.29) is 17.0 Å². The molecule has 0 unspecified atom stereocenters. The molecule has 4 nitrogen and oxygen atoms in total. The standard InChI is InChI=1S/C33H37Cl2N3OS/c1-8-22-11-10-12-23(9-2)30(22)38-32(27-16-14-25(34)18-29(27)35)36-37-33(38)40-21(7)31(39)26-15-13-24(19(3)4)17-28(26)20(5)6/h10-21H,8-9H2,1-7H3/t21-/m1/s1. The van der Waals surface area contributed by atoms with Crippen LogP contribution in [0.25, 0.3) is 17.1 Å². The highest BCUT2D eigenvalue weighted by Crippen LogP contribution is 2.38. The van der Waals surface area contributed by atoms with E-state index in [9.17, 15) is 4.79 Å². The third kappa shape index (κ3) is 6.17. The average Bonchev–Trinajstić information content (AvgIpc) is 3.33. The molecule has 0 bridgehead atoms. The first-order valence-electron chi connectivity index (χ1n) is 13.9. The van der Waals surface area contributed by atoms with Crippen LogP contribution in [0.5, 0.6) is 0 Å². The molecular formula is C33H37Cl2N3OS. The zero-order valence-electron chi connectivity index (χ0n) is 24.3. The maximum Gasteiger partial charge on any atom is 0.196 e. The molecule has 3 aromatic carbocycles. The van der Waals surface area contributed by atoms with Gasteiger partial charge >= 0.3 is 0 Å². The van der Waals surface area contributed by atoms with Crippen LogP contribution in [0.15, 0.2) is 59.8 Å². The third-order valence-electron chi connectivity index (χ3n) is 7.28. The van der Waals surface area contributed by atoms with Gasteiger partial charge in [-0.1, -0.05) is 113 Å². The number of para-hydroxylation sites is 1. The summed E-state index contributed by atoms with van der Waals surface area (Å²) in [7, 11) is 0. The molecule has 1 atom stereocenters. The highest BCUT2D eigenvalue weighted by atomic mass is 35.5. The summed E-state index contributed by atoms with van der Waals surface area (Å²) < 4.78 is 2.08. The molecule has 4 rings (SSSR count). The lowest BCUT2D eigenvalue weighted by Gasteiger charge is -2.20. The molecule has 0 saturated heterocycles. The van der Waals surface area contributed by atoms with E-state index in [1.165, 1.54) is 28.5 Å². The molecule has 40 heavy (non-hydrogen) atoms. The first-order valence-corrected chi connectivity index (χ1v) is 15.6. The number of thioether (sulfide) groups is 1. The largest absolute Gasteiger partial charge is 0.293 e. The number of Topliss-reactive ketones (excluding diaryl/α,β-unsaturated/α-hetero) is 1. The van der Waals surface area contributed by atoms with Crippen LogP contribution >= 0.6 is 35.0 Å². The fraction of sp³-hybridized carbons (Fsp3) is 0.364. The first-order chi connectivity index (χ1) is 19.1. The lowest BCUT2D eigenvalue weighted by atomic mass is 9.89. The topological polar surface area (TPSA) is 47.8 Å². The average molecular weight is 595 g/mol. The molecule has 0 aliphatic carbocycles. The molecule has 0 aliphatic rings. The van der Waals surface area contributed by atoms with Crippen molar-refractivity contribution < 1.29 is 4.79 Å². The molecule has 0 amide bonds. The summed E-state index contributed by atoms with van der Waals surface area (Å²) in [6, 6.07) is 18.0. The van der Waals surface area contributed by atoms with Crippen molar-refractivity contribution in [2.45, 2.75) is 83.5 Å². The second-order valence-corrected chi connectivity index (χ2v) is 12.8. The van der Waals surface area contributed by atoms with Crippen molar-refractivity contribution in [1.82, 2.24) is 14.8 Å². The Balaban J connectivity index is 1.84. The minimum Gasteiger partial charge on any atom is -0.293 e. The van der Waals surface area contributed by atoms with E-state index >= 15 is 0 Å². The lowest BCUT2D eigenvalue weighted by Crippen LogP contribution is -2.18. The Morgan fingerprint density at radius 3 is 2.12 bits per heavy atom. The second-order valence-electron chi connectivity index (χ2n) is 10.7. The summed E-state index contributed by atoms with van der Waals surface area (Å²) in [5, 5.41) is 10.6. The van der Waals surface area contributed by atoms with E-state index in [0.29, 0.717) is 26.9 Å². The van der Waals surface area contributed by atoms with Gasteiger partial charge < -0.3 is 0 Å². The van der Waals surface area contributed by atoms with Gasteiger partial charge in [0.15, 0.2) is 16.8 Å². The molecular weight excluding hydrogens is 557 g/mol. The first kappa shape index (κ1) is 30.4. The Hall–Kier alpha value is -2.60. The van der Waals surface area contributed by atoms with Gasteiger partial charge in [0, 0.05) is 16.1 Å². The van der Waals surface area contributed by atoms with Crippen LogP contribution < -0.4 is 0 Å². The number of benzene rings is 3.